The Morgan fingerprint density at radius 1 is 0.593 bits per heavy atom. The van der Waals surface area contributed by atoms with Crippen molar-refractivity contribution in [1.29, 1.82) is 0 Å². The van der Waals surface area contributed by atoms with Crippen LogP contribution in [0.25, 0.3) is 0 Å². The summed E-state index contributed by atoms with van der Waals surface area (Å²) in [6.45, 7) is 0. The monoisotopic (exact) mass is 364 g/mol. The predicted octanol–water partition coefficient (Wildman–Crippen LogP) is 4.06. The minimum atomic E-state index is -0.0418. The zero-order chi connectivity index (χ0) is 19.4. The Kier molecular flexibility index (Phi) is 5.41. The average molecular weight is 364 g/mol. The first-order chi connectivity index (χ1) is 13.1. The Bertz CT molecular complexity index is 870. The van der Waals surface area contributed by atoms with Gasteiger partial charge in [-0.25, -0.2) is 0 Å². The Morgan fingerprint density at radius 3 is 1.44 bits per heavy atom. The van der Waals surface area contributed by atoms with Crippen LogP contribution in [0.1, 0.15) is 22.6 Å². The highest BCUT2D eigenvalue weighted by molar-refractivity contribution is 5.60. The van der Waals surface area contributed by atoms with Gasteiger partial charge in [0, 0.05) is 5.92 Å². The summed E-state index contributed by atoms with van der Waals surface area (Å²) in [6.07, 6.45) is 0. The molecule has 0 radical (unpaired) electrons. The van der Waals surface area contributed by atoms with Gasteiger partial charge >= 0.3 is 0 Å². The minimum absolute atomic E-state index is 0.0418. The van der Waals surface area contributed by atoms with Crippen molar-refractivity contribution in [1.82, 2.24) is 0 Å². The first-order valence-corrected chi connectivity index (χ1v) is 8.58. The van der Waals surface area contributed by atoms with E-state index in [2.05, 4.69) is 12.1 Å². The summed E-state index contributed by atoms with van der Waals surface area (Å²) in [6, 6.07) is 19.7. The van der Waals surface area contributed by atoms with Crippen LogP contribution in [0.5, 0.6) is 17.2 Å². The molecule has 0 bridgehead atoms. The summed E-state index contributed by atoms with van der Waals surface area (Å²) in [4.78, 5) is 0. The highest BCUT2D eigenvalue weighted by Crippen LogP contribution is 2.38. The fourth-order valence-electron chi connectivity index (χ4n) is 3.19. The van der Waals surface area contributed by atoms with E-state index < -0.39 is 0 Å². The Morgan fingerprint density at radius 2 is 1.04 bits per heavy atom. The molecule has 0 saturated carbocycles. The highest BCUT2D eigenvalue weighted by atomic mass is 16.5. The normalized spacial score (nSPS) is 10.7. The van der Waals surface area contributed by atoms with E-state index in [0.29, 0.717) is 22.9 Å². The van der Waals surface area contributed by atoms with Crippen molar-refractivity contribution in [3.05, 3.63) is 77.4 Å². The second-order valence-corrected chi connectivity index (χ2v) is 6.21. The maximum atomic E-state index is 6.00. The Balaban J connectivity index is 2.16. The third kappa shape index (κ3) is 3.77. The molecular formula is C22H24N2O3. The molecule has 0 aromatic heterocycles. The van der Waals surface area contributed by atoms with Crippen molar-refractivity contribution in [3.63, 3.8) is 0 Å². The molecule has 3 aromatic rings. The second kappa shape index (κ2) is 7.91. The third-order valence-electron chi connectivity index (χ3n) is 4.63. The van der Waals surface area contributed by atoms with Crippen molar-refractivity contribution in [2.24, 2.45) is 0 Å². The molecule has 0 saturated heterocycles. The van der Waals surface area contributed by atoms with E-state index in [9.17, 15) is 0 Å². The summed E-state index contributed by atoms with van der Waals surface area (Å²) in [5.41, 5.74) is 16.4. The summed E-state index contributed by atoms with van der Waals surface area (Å²) in [5.74, 6) is 2.06. The molecule has 0 heterocycles. The van der Waals surface area contributed by atoms with Crippen molar-refractivity contribution in [3.8, 4) is 17.2 Å². The van der Waals surface area contributed by atoms with E-state index in [1.54, 1.807) is 21.3 Å². The molecule has 0 unspecified atom stereocenters. The number of methoxy groups -OCH3 is 3. The van der Waals surface area contributed by atoms with Gasteiger partial charge in [-0.15, -0.1) is 0 Å². The number of nitrogen functional groups attached to an aromatic ring is 2. The van der Waals surface area contributed by atoms with E-state index in [1.807, 2.05) is 48.5 Å². The molecule has 0 aliphatic heterocycles. The fourth-order valence-corrected chi connectivity index (χ4v) is 3.19. The van der Waals surface area contributed by atoms with Crippen LogP contribution in [0.15, 0.2) is 60.7 Å². The smallest absolute Gasteiger partial charge is 0.142 e. The third-order valence-corrected chi connectivity index (χ3v) is 4.63. The van der Waals surface area contributed by atoms with Gasteiger partial charge in [-0.2, -0.15) is 0 Å². The average Bonchev–Trinajstić information content (AvgIpc) is 2.71. The van der Waals surface area contributed by atoms with Gasteiger partial charge in [-0.3, -0.25) is 0 Å². The van der Waals surface area contributed by atoms with E-state index in [-0.39, 0.29) is 5.92 Å². The van der Waals surface area contributed by atoms with Crippen molar-refractivity contribution < 1.29 is 14.2 Å². The van der Waals surface area contributed by atoms with Gasteiger partial charge in [-0.05, 0) is 53.1 Å². The van der Waals surface area contributed by atoms with E-state index in [4.69, 9.17) is 25.7 Å². The molecule has 3 aromatic carbocycles. The molecule has 4 N–H and O–H groups in total. The molecule has 5 nitrogen and oxygen atoms in total. The van der Waals surface area contributed by atoms with Gasteiger partial charge in [-0.1, -0.05) is 24.3 Å². The van der Waals surface area contributed by atoms with Gasteiger partial charge < -0.3 is 25.7 Å². The van der Waals surface area contributed by atoms with Gasteiger partial charge in [0.2, 0.25) is 0 Å². The first kappa shape index (κ1) is 18.5. The van der Waals surface area contributed by atoms with Crippen molar-refractivity contribution >= 4 is 11.4 Å². The molecular weight excluding hydrogens is 340 g/mol. The maximum Gasteiger partial charge on any atom is 0.142 e. The molecule has 0 fully saturated rings. The molecule has 3 rings (SSSR count). The van der Waals surface area contributed by atoms with Crippen LogP contribution < -0.4 is 25.7 Å². The number of anilines is 2. The number of ether oxygens (including phenoxy) is 3. The minimum Gasteiger partial charge on any atom is -0.497 e. The van der Waals surface area contributed by atoms with Crippen LogP contribution in [-0.4, -0.2) is 21.3 Å². The van der Waals surface area contributed by atoms with Crippen molar-refractivity contribution in [2.45, 2.75) is 5.92 Å². The van der Waals surface area contributed by atoms with Gasteiger partial charge in [0.15, 0.2) is 0 Å². The molecule has 0 spiro atoms. The summed E-state index contributed by atoms with van der Waals surface area (Å²) in [5, 5.41) is 0. The predicted molar refractivity (Wildman–Crippen MR) is 109 cm³/mol. The fraction of sp³-hybridized carbons (Fsp3) is 0.182. The molecule has 27 heavy (non-hydrogen) atoms. The van der Waals surface area contributed by atoms with Crippen LogP contribution in [0.3, 0.4) is 0 Å². The lowest BCUT2D eigenvalue weighted by Crippen LogP contribution is -2.06. The van der Waals surface area contributed by atoms with Crippen LogP contribution in [0.4, 0.5) is 11.4 Å². The van der Waals surface area contributed by atoms with Crippen LogP contribution in [-0.2, 0) is 0 Å². The van der Waals surface area contributed by atoms with Gasteiger partial charge in [0.25, 0.3) is 0 Å². The first-order valence-electron chi connectivity index (χ1n) is 8.58. The molecule has 0 aliphatic carbocycles. The lowest BCUT2D eigenvalue weighted by molar-refractivity contribution is 0.414. The molecule has 0 aliphatic rings. The van der Waals surface area contributed by atoms with Crippen LogP contribution >= 0.6 is 0 Å². The Labute approximate surface area is 159 Å². The number of hydrogen-bond donors (Lipinski definition) is 2. The lowest BCUT2D eigenvalue weighted by Gasteiger charge is -2.21. The molecule has 0 amide bonds. The van der Waals surface area contributed by atoms with Crippen molar-refractivity contribution in [2.75, 3.05) is 32.8 Å². The highest BCUT2D eigenvalue weighted by Gasteiger charge is 2.19. The summed E-state index contributed by atoms with van der Waals surface area (Å²) < 4.78 is 16.1. The molecule has 0 atom stereocenters. The molecule has 5 heteroatoms. The Hall–Kier alpha value is -3.34. The zero-order valence-electron chi connectivity index (χ0n) is 15.7. The van der Waals surface area contributed by atoms with Gasteiger partial charge in [0.1, 0.15) is 17.2 Å². The van der Waals surface area contributed by atoms with E-state index >= 15 is 0 Å². The second-order valence-electron chi connectivity index (χ2n) is 6.21. The topological polar surface area (TPSA) is 79.7 Å². The number of rotatable bonds is 6. The number of benzene rings is 3. The van der Waals surface area contributed by atoms with E-state index in [1.165, 1.54) is 0 Å². The summed E-state index contributed by atoms with van der Waals surface area (Å²) >= 11 is 0. The SMILES string of the molecule is COc1ccc(C(c2ccc(N)c(OC)c2)c2ccc(N)c(OC)c2)cc1. The molecule has 140 valence electrons. The lowest BCUT2D eigenvalue weighted by atomic mass is 9.84. The van der Waals surface area contributed by atoms with Gasteiger partial charge in [0.05, 0.1) is 32.7 Å². The largest absolute Gasteiger partial charge is 0.497 e. The maximum absolute atomic E-state index is 6.00. The standard InChI is InChI=1S/C22H24N2O3/c1-25-17-8-4-14(5-9-17)22(15-6-10-18(23)20(12-15)26-2)16-7-11-19(24)21(13-16)27-3/h4-13,22H,23-24H2,1-3H3. The quantitative estimate of drug-likeness (QED) is 0.509. The number of nitrogens with two attached hydrogens (primary N) is 2. The summed E-state index contributed by atoms with van der Waals surface area (Å²) in [7, 11) is 4.89. The van der Waals surface area contributed by atoms with Crippen LogP contribution in [0.2, 0.25) is 0 Å². The number of hydrogen-bond acceptors (Lipinski definition) is 5. The van der Waals surface area contributed by atoms with Crippen LogP contribution in [0, 0.1) is 0 Å². The zero-order valence-corrected chi connectivity index (χ0v) is 15.7. The van der Waals surface area contributed by atoms with E-state index in [0.717, 1.165) is 22.4 Å².